The molecular formula is C21H24N4O2. The lowest BCUT2D eigenvalue weighted by Crippen LogP contribution is -2.31. The van der Waals surface area contributed by atoms with Gasteiger partial charge in [-0.2, -0.15) is 0 Å². The quantitative estimate of drug-likeness (QED) is 0.757. The van der Waals surface area contributed by atoms with E-state index in [2.05, 4.69) is 22.5 Å². The lowest BCUT2D eigenvalue weighted by Gasteiger charge is -2.22. The van der Waals surface area contributed by atoms with Crippen LogP contribution in [0.4, 0.5) is 0 Å². The number of nitrogens with one attached hydrogen (secondary N) is 1. The van der Waals surface area contributed by atoms with Crippen LogP contribution in [0.5, 0.6) is 0 Å². The summed E-state index contributed by atoms with van der Waals surface area (Å²) >= 11 is 0. The third kappa shape index (κ3) is 3.79. The summed E-state index contributed by atoms with van der Waals surface area (Å²) in [5, 5.41) is 7.13. The Morgan fingerprint density at radius 3 is 2.59 bits per heavy atom. The van der Waals surface area contributed by atoms with Crippen molar-refractivity contribution >= 4 is 11.6 Å². The summed E-state index contributed by atoms with van der Waals surface area (Å²) in [4.78, 5) is 24.6. The molecule has 4 rings (SSSR count). The van der Waals surface area contributed by atoms with E-state index in [-0.39, 0.29) is 11.6 Å². The number of hydrogen-bond donors (Lipinski definition) is 1. The molecule has 0 radical (unpaired) electrons. The second kappa shape index (κ2) is 7.78. The van der Waals surface area contributed by atoms with E-state index in [9.17, 15) is 9.59 Å². The summed E-state index contributed by atoms with van der Waals surface area (Å²) in [7, 11) is 0. The minimum atomic E-state index is -0.198. The minimum absolute atomic E-state index is 0.123. The Hall–Kier alpha value is -2.89. The van der Waals surface area contributed by atoms with Gasteiger partial charge in [0, 0.05) is 18.3 Å². The number of rotatable bonds is 5. The van der Waals surface area contributed by atoms with Gasteiger partial charge in [-0.1, -0.05) is 37.5 Å². The normalized spacial score (nSPS) is 15.1. The van der Waals surface area contributed by atoms with E-state index >= 15 is 0 Å². The predicted molar refractivity (Wildman–Crippen MR) is 104 cm³/mol. The Kier molecular flexibility index (Phi) is 5.05. The third-order valence-electron chi connectivity index (χ3n) is 5.35. The second-order valence-electron chi connectivity index (χ2n) is 7.15. The number of fused-ring (bicyclic) bond motifs is 1. The van der Waals surface area contributed by atoms with E-state index in [4.69, 9.17) is 0 Å². The fraction of sp³-hybridized carbons (Fsp3) is 0.381. The molecule has 1 fully saturated rings. The molecule has 0 unspecified atom stereocenters. The fourth-order valence-electron chi connectivity index (χ4n) is 3.83. The van der Waals surface area contributed by atoms with Crippen LogP contribution in [-0.2, 0) is 6.54 Å². The van der Waals surface area contributed by atoms with Crippen LogP contribution in [0.2, 0.25) is 0 Å². The first-order valence-corrected chi connectivity index (χ1v) is 9.65. The maximum absolute atomic E-state index is 12.4. The highest BCUT2D eigenvalue weighted by molar-refractivity contribution is 5.94. The lowest BCUT2D eigenvalue weighted by molar-refractivity contribution is 0.0952. The molecule has 0 bridgehead atoms. The molecule has 0 atom stereocenters. The number of amides is 1. The molecule has 3 aromatic rings. The van der Waals surface area contributed by atoms with Crippen LogP contribution in [-0.4, -0.2) is 26.6 Å². The van der Waals surface area contributed by atoms with E-state index in [1.54, 1.807) is 18.3 Å². The van der Waals surface area contributed by atoms with Crippen LogP contribution >= 0.6 is 0 Å². The molecule has 6 heteroatoms. The SMILES string of the molecule is O=C(NCCn1nc2ccccn2c1=O)c1ccc(C2CCCCC2)cc1. The molecule has 1 aliphatic carbocycles. The molecular weight excluding hydrogens is 340 g/mol. The molecule has 1 N–H and O–H groups in total. The van der Waals surface area contributed by atoms with Crippen molar-refractivity contribution in [2.45, 2.75) is 44.6 Å². The highest BCUT2D eigenvalue weighted by Crippen LogP contribution is 2.32. The first-order valence-electron chi connectivity index (χ1n) is 9.65. The van der Waals surface area contributed by atoms with Gasteiger partial charge in [0.1, 0.15) is 0 Å². The van der Waals surface area contributed by atoms with Crippen LogP contribution in [0.1, 0.15) is 53.9 Å². The van der Waals surface area contributed by atoms with Crippen molar-refractivity contribution < 1.29 is 4.79 Å². The summed E-state index contributed by atoms with van der Waals surface area (Å²) in [5.74, 6) is 0.514. The van der Waals surface area contributed by atoms with Gasteiger partial charge in [0.25, 0.3) is 5.91 Å². The molecule has 140 valence electrons. The molecule has 1 aliphatic rings. The van der Waals surface area contributed by atoms with E-state index < -0.39 is 0 Å². The maximum Gasteiger partial charge on any atom is 0.350 e. The zero-order chi connectivity index (χ0) is 18.6. The van der Waals surface area contributed by atoms with Crippen LogP contribution in [0.15, 0.2) is 53.5 Å². The molecule has 0 aliphatic heterocycles. The molecule has 2 heterocycles. The summed E-state index contributed by atoms with van der Waals surface area (Å²) in [5.41, 5.74) is 2.39. The molecule has 1 aromatic carbocycles. The van der Waals surface area contributed by atoms with E-state index in [0.29, 0.717) is 30.2 Å². The highest BCUT2D eigenvalue weighted by atomic mass is 16.2. The Morgan fingerprint density at radius 1 is 1.07 bits per heavy atom. The summed E-state index contributed by atoms with van der Waals surface area (Å²) in [6.07, 6.45) is 8.13. The monoisotopic (exact) mass is 364 g/mol. The van der Waals surface area contributed by atoms with Crippen molar-refractivity contribution in [3.63, 3.8) is 0 Å². The van der Waals surface area contributed by atoms with Gasteiger partial charge < -0.3 is 5.32 Å². The van der Waals surface area contributed by atoms with Gasteiger partial charge in [0.2, 0.25) is 0 Å². The molecule has 0 spiro atoms. The number of pyridine rings is 1. The van der Waals surface area contributed by atoms with Gasteiger partial charge in [-0.15, -0.1) is 5.10 Å². The Balaban J connectivity index is 1.34. The molecule has 2 aromatic heterocycles. The highest BCUT2D eigenvalue weighted by Gasteiger charge is 2.16. The number of carbonyl (C=O) groups excluding carboxylic acids is 1. The summed E-state index contributed by atoms with van der Waals surface area (Å²) < 4.78 is 2.87. The van der Waals surface area contributed by atoms with Gasteiger partial charge in [-0.05, 0) is 48.6 Å². The lowest BCUT2D eigenvalue weighted by atomic mass is 9.84. The minimum Gasteiger partial charge on any atom is -0.350 e. The first-order chi connectivity index (χ1) is 13.2. The van der Waals surface area contributed by atoms with Gasteiger partial charge >= 0.3 is 5.69 Å². The Labute approximate surface area is 157 Å². The number of hydrogen-bond acceptors (Lipinski definition) is 3. The third-order valence-corrected chi connectivity index (χ3v) is 5.35. The van der Waals surface area contributed by atoms with Crippen molar-refractivity contribution in [2.24, 2.45) is 0 Å². The smallest absolute Gasteiger partial charge is 0.350 e. The topological polar surface area (TPSA) is 68.4 Å². The molecule has 27 heavy (non-hydrogen) atoms. The van der Waals surface area contributed by atoms with Crippen LogP contribution in [0.3, 0.4) is 0 Å². The molecule has 6 nitrogen and oxygen atoms in total. The van der Waals surface area contributed by atoms with Gasteiger partial charge in [-0.3, -0.25) is 9.20 Å². The number of aromatic nitrogens is 3. The predicted octanol–water partition coefficient (Wildman–Crippen LogP) is 2.97. The fourth-order valence-corrected chi connectivity index (χ4v) is 3.83. The van der Waals surface area contributed by atoms with Crippen molar-refractivity contribution in [3.8, 4) is 0 Å². The van der Waals surface area contributed by atoms with Crippen molar-refractivity contribution in [1.82, 2.24) is 19.5 Å². The Morgan fingerprint density at radius 2 is 1.85 bits per heavy atom. The Bertz CT molecular complexity index is 981. The largest absolute Gasteiger partial charge is 0.350 e. The standard InChI is InChI=1S/C21H24N4O2/c26-20(18-11-9-17(10-12-18)16-6-2-1-3-7-16)22-13-15-25-21(27)24-14-5-4-8-19(24)23-25/h4-5,8-12,14,16H,1-3,6-7,13,15H2,(H,22,26). The van der Waals surface area contributed by atoms with Crippen LogP contribution in [0, 0.1) is 0 Å². The summed E-state index contributed by atoms with van der Waals surface area (Å²) in [6, 6.07) is 13.4. The molecule has 1 amide bonds. The van der Waals surface area contributed by atoms with E-state index in [1.807, 2.05) is 18.2 Å². The van der Waals surface area contributed by atoms with Crippen LogP contribution < -0.4 is 11.0 Å². The van der Waals surface area contributed by atoms with Gasteiger partial charge in [0.05, 0.1) is 6.54 Å². The van der Waals surface area contributed by atoms with Crippen molar-refractivity contribution in [3.05, 3.63) is 70.3 Å². The average Bonchev–Trinajstić information content (AvgIpc) is 3.05. The van der Waals surface area contributed by atoms with Gasteiger partial charge in [0.15, 0.2) is 5.65 Å². The van der Waals surface area contributed by atoms with Crippen LogP contribution in [0.25, 0.3) is 5.65 Å². The number of benzene rings is 1. The van der Waals surface area contributed by atoms with Crippen molar-refractivity contribution in [1.29, 1.82) is 0 Å². The zero-order valence-electron chi connectivity index (χ0n) is 15.3. The van der Waals surface area contributed by atoms with Crippen molar-refractivity contribution in [2.75, 3.05) is 6.54 Å². The molecule has 0 saturated heterocycles. The number of carbonyl (C=O) groups is 1. The number of nitrogens with zero attached hydrogens (tertiary/aromatic N) is 3. The second-order valence-corrected chi connectivity index (χ2v) is 7.15. The summed E-state index contributed by atoms with van der Waals surface area (Å²) in [6.45, 7) is 0.694. The van der Waals surface area contributed by atoms with Gasteiger partial charge in [-0.25, -0.2) is 9.48 Å². The average molecular weight is 364 g/mol. The van der Waals surface area contributed by atoms with E-state index in [1.165, 1.54) is 46.8 Å². The maximum atomic E-state index is 12.4. The van der Waals surface area contributed by atoms with E-state index in [0.717, 1.165) is 0 Å². The zero-order valence-corrected chi connectivity index (χ0v) is 15.3. The first kappa shape index (κ1) is 17.5. The molecule has 1 saturated carbocycles.